The van der Waals surface area contributed by atoms with Gasteiger partial charge in [-0.3, -0.25) is 9.59 Å². The number of carbonyl (C=O) groups excluding carboxylic acids is 2. The number of aliphatic hydroxyl groups is 1. The number of aryl methyl sites for hydroxylation is 1. The lowest BCUT2D eigenvalue weighted by atomic mass is 9.94. The molecule has 5 nitrogen and oxygen atoms in total. The maximum Gasteiger partial charge on any atom is 0.416 e. The molecule has 1 heterocycles. The Labute approximate surface area is 204 Å². The van der Waals surface area contributed by atoms with E-state index in [4.69, 9.17) is 4.74 Å². The number of Topliss-reactive ketones (excluding diaryl/α,β-unsaturated/α-hetero) is 1. The van der Waals surface area contributed by atoms with Gasteiger partial charge >= 0.3 is 6.18 Å². The van der Waals surface area contributed by atoms with Crippen LogP contribution in [0.25, 0.3) is 5.76 Å². The Morgan fingerprint density at radius 3 is 2.33 bits per heavy atom. The lowest BCUT2D eigenvalue weighted by Crippen LogP contribution is -2.29. The van der Waals surface area contributed by atoms with Crippen LogP contribution in [0.5, 0.6) is 5.75 Å². The van der Waals surface area contributed by atoms with Crippen molar-refractivity contribution >= 4 is 17.4 Å². The highest BCUT2D eigenvalue weighted by Gasteiger charge is 2.46. The summed E-state index contributed by atoms with van der Waals surface area (Å²) in [7, 11) is 1.46. The summed E-state index contributed by atoms with van der Waals surface area (Å²) >= 11 is 0. The third-order valence-electron chi connectivity index (χ3n) is 6.01. The number of hydrogen-bond acceptors (Lipinski definition) is 4. The number of amides is 1. The van der Waals surface area contributed by atoms with Crippen LogP contribution in [-0.2, 0) is 22.3 Å². The van der Waals surface area contributed by atoms with Gasteiger partial charge in [-0.15, -0.1) is 0 Å². The fourth-order valence-electron chi connectivity index (χ4n) is 4.17. The van der Waals surface area contributed by atoms with Crippen LogP contribution in [0, 0.1) is 12.7 Å². The number of carbonyl (C=O) groups is 2. The quantitative estimate of drug-likeness (QED) is 0.209. The second-order valence-corrected chi connectivity index (χ2v) is 8.36. The molecule has 1 saturated heterocycles. The molecule has 186 valence electrons. The standard InChI is InChI=1S/C27H21F4NO4/c1-15-12-18(8-11-21(15)28)24(33)22-23(17-6-9-20(36-2)10-7-17)32(26(35)25(22)34)14-16-4-3-5-19(13-16)27(29,30)31/h3-13,23,33H,14H2,1-2H3/b24-22+. The lowest BCUT2D eigenvalue weighted by Gasteiger charge is -2.26. The molecule has 0 aromatic heterocycles. The summed E-state index contributed by atoms with van der Waals surface area (Å²) in [5.41, 5.74) is -0.199. The van der Waals surface area contributed by atoms with Crippen molar-refractivity contribution in [2.24, 2.45) is 0 Å². The van der Waals surface area contributed by atoms with Crippen LogP contribution in [0.1, 0.15) is 33.9 Å². The fraction of sp³-hybridized carbons (Fsp3) is 0.185. The molecule has 0 aliphatic carbocycles. The number of alkyl halides is 3. The van der Waals surface area contributed by atoms with Crippen molar-refractivity contribution in [1.82, 2.24) is 4.90 Å². The van der Waals surface area contributed by atoms with Gasteiger partial charge in [0.1, 0.15) is 17.3 Å². The molecule has 0 saturated carbocycles. The van der Waals surface area contributed by atoms with E-state index in [1.165, 1.54) is 38.3 Å². The first-order valence-electron chi connectivity index (χ1n) is 10.9. The number of halogens is 4. The average molecular weight is 499 g/mol. The van der Waals surface area contributed by atoms with Gasteiger partial charge in [0.15, 0.2) is 0 Å². The van der Waals surface area contributed by atoms with Crippen LogP contribution in [0.4, 0.5) is 17.6 Å². The smallest absolute Gasteiger partial charge is 0.416 e. The predicted molar refractivity (Wildman–Crippen MR) is 123 cm³/mol. The number of hydrogen-bond donors (Lipinski definition) is 1. The lowest BCUT2D eigenvalue weighted by molar-refractivity contribution is -0.140. The maximum absolute atomic E-state index is 13.8. The van der Waals surface area contributed by atoms with Crippen LogP contribution in [0.15, 0.2) is 72.3 Å². The van der Waals surface area contributed by atoms with E-state index in [1.807, 2.05) is 0 Å². The second-order valence-electron chi connectivity index (χ2n) is 8.36. The van der Waals surface area contributed by atoms with Crippen molar-refractivity contribution in [2.45, 2.75) is 25.7 Å². The molecule has 1 fully saturated rings. The Morgan fingerprint density at radius 1 is 1.03 bits per heavy atom. The minimum Gasteiger partial charge on any atom is -0.507 e. The van der Waals surface area contributed by atoms with Crippen molar-refractivity contribution in [1.29, 1.82) is 0 Å². The first-order valence-corrected chi connectivity index (χ1v) is 10.9. The molecule has 0 spiro atoms. The highest BCUT2D eigenvalue weighted by molar-refractivity contribution is 6.46. The zero-order chi connectivity index (χ0) is 26.2. The van der Waals surface area contributed by atoms with Crippen LogP contribution in [0.3, 0.4) is 0 Å². The van der Waals surface area contributed by atoms with Gasteiger partial charge in [0, 0.05) is 12.1 Å². The second kappa shape index (κ2) is 9.49. The number of aliphatic hydroxyl groups excluding tert-OH is 1. The normalized spacial score (nSPS) is 17.5. The molecule has 4 rings (SSSR count). The van der Waals surface area contributed by atoms with Gasteiger partial charge in [-0.05, 0) is 66.1 Å². The molecule has 1 atom stereocenters. The van der Waals surface area contributed by atoms with E-state index in [1.54, 1.807) is 24.3 Å². The summed E-state index contributed by atoms with van der Waals surface area (Å²) in [6, 6.07) is 13.5. The Balaban J connectivity index is 1.85. The van der Waals surface area contributed by atoms with Gasteiger partial charge in [0.25, 0.3) is 11.7 Å². The Morgan fingerprint density at radius 2 is 1.72 bits per heavy atom. The summed E-state index contributed by atoms with van der Waals surface area (Å²) < 4.78 is 58.7. The highest BCUT2D eigenvalue weighted by atomic mass is 19.4. The van der Waals surface area contributed by atoms with Gasteiger partial charge in [-0.1, -0.05) is 24.3 Å². The molecule has 1 unspecified atom stereocenters. The van der Waals surface area contributed by atoms with E-state index >= 15 is 0 Å². The molecule has 36 heavy (non-hydrogen) atoms. The van der Waals surface area contributed by atoms with Crippen LogP contribution in [0.2, 0.25) is 0 Å². The number of nitrogens with zero attached hydrogens (tertiary/aromatic N) is 1. The Kier molecular flexibility index (Phi) is 6.58. The molecule has 1 N–H and O–H groups in total. The van der Waals surface area contributed by atoms with Crippen molar-refractivity contribution < 1.29 is 37.0 Å². The summed E-state index contributed by atoms with van der Waals surface area (Å²) in [6.45, 7) is 1.17. The number of rotatable bonds is 5. The van der Waals surface area contributed by atoms with E-state index in [9.17, 15) is 32.3 Å². The third kappa shape index (κ3) is 4.68. The zero-order valence-electron chi connectivity index (χ0n) is 19.3. The minimum atomic E-state index is -4.58. The number of methoxy groups -OCH3 is 1. The molecular weight excluding hydrogens is 478 g/mol. The molecule has 3 aromatic carbocycles. The van der Waals surface area contributed by atoms with Gasteiger partial charge in [-0.25, -0.2) is 4.39 Å². The Bertz CT molecular complexity index is 1360. The molecule has 0 radical (unpaired) electrons. The first kappa shape index (κ1) is 25.0. The summed E-state index contributed by atoms with van der Waals surface area (Å²) in [5.74, 6) is -2.49. The Hall–Kier alpha value is -4.14. The fourth-order valence-corrected chi connectivity index (χ4v) is 4.17. The molecule has 0 bridgehead atoms. The van der Waals surface area contributed by atoms with Crippen LogP contribution >= 0.6 is 0 Å². The summed E-state index contributed by atoms with van der Waals surface area (Å²) in [5, 5.41) is 11.1. The van der Waals surface area contributed by atoms with E-state index in [0.717, 1.165) is 23.1 Å². The first-order chi connectivity index (χ1) is 17.0. The number of likely N-dealkylation sites (tertiary alicyclic amines) is 1. The molecule has 9 heteroatoms. The summed E-state index contributed by atoms with van der Waals surface area (Å²) in [6.07, 6.45) is -4.58. The topological polar surface area (TPSA) is 66.8 Å². The SMILES string of the molecule is COc1ccc(C2/C(=C(\O)c3ccc(F)c(C)c3)C(=O)C(=O)N2Cc2cccc(C(F)(F)F)c2)cc1. The number of ether oxygens (including phenoxy) is 1. The van der Waals surface area contributed by atoms with Crippen molar-refractivity contribution in [3.05, 3.63) is 106 Å². The van der Waals surface area contributed by atoms with Crippen molar-refractivity contribution in [2.75, 3.05) is 7.11 Å². The monoisotopic (exact) mass is 499 g/mol. The molecule has 1 aliphatic rings. The van der Waals surface area contributed by atoms with Gasteiger partial charge < -0.3 is 14.7 Å². The van der Waals surface area contributed by atoms with Gasteiger partial charge in [0.05, 0.1) is 24.3 Å². The zero-order valence-corrected chi connectivity index (χ0v) is 19.3. The molecule has 1 amide bonds. The number of ketones is 1. The van der Waals surface area contributed by atoms with Gasteiger partial charge in [-0.2, -0.15) is 13.2 Å². The van der Waals surface area contributed by atoms with Gasteiger partial charge in [0.2, 0.25) is 0 Å². The summed E-state index contributed by atoms with van der Waals surface area (Å²) in [4.78, 5) is 27.3. The number of benzene rings is 3. The van der Waals surface area contributed by atoms with Crippen molar-refractivity contribution in [3.63, 3.8) is 0 Å². The molecule has 1 aliphatic heterocycles. The minimum absolute atomic E-state index is 0.129. The van der Waals surface area contributed by atoms with Crippen LogP contribution < -0.4 is 4.74 Å². The van der Waals surface area contributed by atoms with E-state index in [-0.39, 0.29) is 28.8 Å². The largest absolute Gasteiger partial charge is 0.507 e. The molecular formula is C27H21F4NO4. The average Bonchev–Trinajstić information content (AvgIpc) is 3.10. The van der Waals surface area contributed by atoms with E-state index in [2.05, 4.69) is 0 Å². The van der Waals surface area contributed by atoms with E-state index in [0.29, 0.717) is 11.3 Å². The third-order valence-corrected chi connectivity index (χ3v) is 6.01. The van der Waals surface area contributed by atoms with E-state index < -0.39 is 41.0 Å². The van der Waals surface area contributed by atoms with Crippen molar-refractivity contribution in [3.8, 4) is 5.75 Å². The highest BCUT2D eigenvalue weighted by Crippen LogP contribution is 2.41. The predicted octanol–water partition coefficient (Wildman–Crippen LogP) is 5.78. The van der Waals surface area contributed by atoms with Crippen LogP contribution in [-0.4, -0.2) is 28.8 Å². The molecule has 3 aromatic rings. The maximum atomic E-state index is 13.8.